The summed E-state index contributed by atoms with van der Waals surface area (Å²) in [5, 5.41) is 2.39. The first-order valence-electron chi connectivity index (χ1n) is 7.60. The minimum absolute atomic E-state index is 0.00427. The fourth-order valence-corrected chi connectivity index (χ4v) is 3.43. The van der Waals surface area contributed by atoms with Gasteiger partial charge in [0.05, 0.1) is 17.1 Å². The first-order chi connectivity index (χ1) is 12.2. The number of carbonyl (C=O) groups is 1. The predicted octanol–water partition coefficient (Wildman–Crippen LogP) is 2.53. The molecule has 2 aromatic rings. The Hall–Kier alpha value is -2.36. The van der Waals surface area contributed by atoms with Gasteiger partial charge in [0.2, 0.25) is 10.0 Å². The van der Waals surface area contributed by atoms with Crippen molar-refractivity contribution in [3.8, 4) is 0 Å². The van der Waals surface area contributed by atoms with Gasteiger partial charge < -0.3 is 10.1 Å². The van der Waals surface area contributed by atoms with Crippen molar-refractivity contribution < 1.29 is 26.7 Å². The highest BCUT2D eigenvalue weighted by atomic mass is 32.2. The molecule has 0 saturated carbocycles. The normalized spacial score (nSPS) is 12.6. The maximum atomic E-state index is 13.6. The van der Waals surface area contributed by atoms with Crippen LogP contribution in [0.15, 0.2) is 47.4 Å². The first-order valence-corrected chi connectivity index (χ1v) is 9.09. The lowest BCUT2D eigenvalue weighted by Crippen LogP contribution is -2.35. The number of rotatable bonds is 7. The third-order valence-corrected chi connectivity index (χ3v) is 4.97. The number of amides is 1. The Morgan fingerprint density at radius 3 is 2.42 bits per heavy atom. The summed E-state index contributed by atoms with van der Waals surface area (Å²) in [6.45, 7) is 1.87. The number of nitrogens with one attached hydrogen (secondary N) is 2. The quantitative estimate of drug-likeness (QED) is 0.768. The van der Waals surface area contributed by atoms with Crippen LogP contribution in [0.5, 0.6) is 0 Å². The van der Waals surface area contributed by atoms with E-state index >= 15 is 0 Å². The molecule has 0 saturated heterocycles. The van der Waals surface area contributed by atoms with Crippen LogP contribution in [-0.4, -0.2) is 34.1 Å². The van der Waals surface area contributed by atoms with Gasteiger partial charge in [0, 0.05) is 18.8 Å². The molecule has 140 valence electrons. The van der Waals surface area contributed by atoms with Crippen molar-refractivity contribution in [1.29, 1.82) is 0 Å². The van der Waals surface area contributed by atoms with E-state index in [1.165, 1.54) is 31.4 Å². The molecular formula is C17H18F2N2O4S. The fraction of sp³-hybridized carbons (Fsp3) is 0.235. The molecule has 26 heavy (non-hydrogen) atoms. The van der Waals surface area contributed by atoms with E-state index in [1.807, 2.05) is 0 Å². The van der Waals surface area contributed by atoms with Crippen LogP contribution in [0.3, 0.4) is 0 Å². The highest BCUT2D eigenvalue weighted by molar-refractivity contribution is 7.89. The van der Waals surface area contributed by atoms with E-state index in [0.717, 1.165) is 18.2 Å². The molecule has 0 heterocycles. The standard InChI is InChI=1S/C17H18F2N2O4S/c1-11(10-25-2)21-26(23,24)14-6-4-13(5-7-14)20-17(22)15-9-12(18)3-8-16(15)19/h3-9,11,21H,10H2,1-2H3,(H,20,22). The zero-order chi connectivity index (χ0) is 19.3. The Bertz CT molecular complexity index is 886. The van der Waals surface area contributed by atoms with E-state index in [4.69, 9.17) is 4.74 Å². The second-order valence-electron chi connectivity index (χ2n) is 5.58. The third-order valence-electron chi connectivity index (χ3n) is 3.37. The van der Waals surface area contributed by atoms with Gasteiger partial charge in [0.1, 0.15) is 11.6 Å². The third kappa shape index (κ3) is 5.07. The van der Waals surface area contributed by atoms with Crippen LogP contribution in [0.4, 0.5) is 14.5 Å². The molecule has 9 heteroatoms. The van der Waals surface area contributed by atoms with Crippen LogP contribution in [0.2, 0.25) is 0 Å². The monoisotopic (exact) mass is 384 g/mol. The lowest BCUT2D eigenvalue weighted by atomic mass is 10.2. The Labute approximate surface area is 150 Å². The number of benzene rings is 2. The number of anilines is 1. The molecule has 0 fully saturated rings. The molecule has 0 aliphatic heterocycles. The molecule has 6 nitrogen and oxygen atoms in total. The number of methoxy groups -OCH3 is 1. The number of hydrogen-bond donors (Lipinski definition) is 2. The van der Waals surface area contributed by atoms with Crippen LogP contribution in [0.1, 0.15) is 17.3 Å². The topological polar surface area (TPSA) is 84.5 Å². The molecule has 0 aliphatic carbocycles. The van der Waals surface area contributed by atoms with Gasteiger partial charge >= 0.3 is 0 Å². The van der Waals surface area contributed by atoms with Crippen LogP contribution in [0, 0.1) is 11.6 Å². The van der Waals surface area contributed by atoms with Crippen molar-refractivity contribution in [2.75, 3.05) is 19.0 Å². The summed E-state index contributed by atoms with van der Waals surface area (Å²) >= 11 is 0. The van der Waals surface area contributed by atoms with Crippen LogP contribution in [0.25, 0.3) is 0 Å². The zero-order valence-corrected chi connectivity index (χ0v) is 14.9. The minimum atomic E-state index is -3.74. The highest BCUT2D eigenvalue weighted by Crippen LogP contribution is 2.17. The number of halogens is 2. The van der Waals surface area contributed by atoms with Gasteiger partial charge in [-0.05, 0) is 49.4 Å². The lowest BCUT2D eigenvalue weighted by molar-refractivity contribution is 0.102. The van der Waals surface area contributed by atoms with Gasteiger partial charge in [0.15, 0.2) is 0 Å². The first kappa shape index (κ1) is 20.0. The van der Waals surface area contributed by atoms with E-state index < -0.39 is 39.2 Å². The molecule has 0 radical (unpaired) electrons. The van der Waals surface area contributed by atoms with E-state index in [1.54, 1.807) is 6.92 Å². The van der Waals surface area contributed by atoms with Crippen LogP contribution < -0.4 is 10.0 Å². The fourth-order valence-electron chi connectivity index (χ4n) is 2.20. The molecule has 0 aliphatic rings. The Balaban J connectivity index is 2.12. The van der Waals surface area contributed by atoms with Gasteiger partial charge in [0.25, 0.3) is 5.91 Å². The van der Waals surface area contributed by atoms with Crippen molar-refractivity contribution in [3.05, 3.63) is 59.7 Å². The molecular weight excluding hydrogens is 366 g/mol. The summed E-state index contributed by atoms with van der Waals surface area (Å²) < 4.78 is 58.5. The van der Waals surface area contributed by atoms with Crippen molar-refractivity contribution in [2.24, 2.45) is 0 Å². The Morgan fingerprint density at radius 2 is 1.81 bits per heavy atom. The lowest BCUT2D eigenvalue weighted by Gasteiger charge is -2.13. The van der Waals surface area contributed by atoms with Crippen molar-refractivity contribution >= 4 is 21.6 Å². The molecule has 0 bridgehead atoms. The van der Waals surface area contributed by atoms with Crippen LogP contribution in [-0.2, 0) is 14.8 Å². The summed E-state index contributed by atoms with van der Waals surface area (Å²) in [6, 6.07) is 7.41. The highest BCUT2D eigenvalue weighted by Gasteiger charge is 2.18. The van der Waals surface area contributed by atoms with Crippen molar-refractivity contribution in [2.45, 2.75) is 17.9 Å². The molecule has 2 rings (SSSR count). The van der Waals surface area contributed by atoms with E-state index in [-0.39, 0.29) is 17.2 Å². The summed E-state index contributed by atoms with van der Waals surface area (Å²) in [6.07, 6.45) is 0. The van der Waals surface area contributed by atoms with Gasteiger partial charge in [-0.1, -0.05) is 0 Å². The molecule has 1 unspecified atom stereocenters. The second kappa shape index (κ2) is 8.35. The van der Waals surface area contributed by atoms with Gasteiger partial charge in [-0.25, -0.2) is 21.9 Å². The SMILES string of the molecule is COCC(C)NS(=O)(=O)c1ccc(NC(=O)c2cc(F)ccc2F)cc1. The minimum Gasteiger partial charge on any atom is -0.383 e. The van der Waals surface area contributed by atoms with E-state index in [2.05, 4.69) is 10.0 Å². The maximum absolute atomic E-state index is 13.6. The van der Waals surface area contributed by atoms with E-state index in [0.29, 0.717) is 0 Å². The smallest absolute Gasteiger partial charge is 0.258 e. The van der Waals surface area contributed by atoms with Gasteiger partial charge in [-0.2, -0.15) is 0 Å². The number of carbonyl (C=O) groups excluding carboxylic acids is 1. The van der Waals surface area contributed by atoms with Gasteiger partial charge in [-0.15, -0.1) is 0 Å². The average molecular weight is 384 g/mol. The second-order valence-corrected chi connectivity index (χ2v) is 7.29. The number of hydrogen-bond acceptors (Lipinski definition) is 4. The molecule has 0 aromatic heterocycles. The molecule has 2 N–H and O–H groups in total. The number of ether oxygens (including phenoxy) is 1. The Kier molecular flexibility index (Phi) is 6.41. The number of sulfonamides is 1. The Morgan fingerprint density at radius 1 is 1.15 bits per heavy atom. The van der Waals surface area contributed by atoms with Crippen molar-refractivity contribution in [1.82, 2.24) is 4.72 Å². The predicted molar refractivity (Wildman–Crippen MR) is 92.4 cm³/mol. The van der Waals surface area contributed by atoms with Gasteiger partial charge in [-0.3, -0.25) is 4.79 Å². The zero-order valence-electron chi connectivity index (χ0n) is 14.1. The molecule has 1 atom stereocenters. The molecule has 2 aromatic carbocycles. The molecule has 0 spiro atoms. The largest absolute Gasteiger partial charge is 0.383 e. The molecule has 1 amide bonds. The van der Waals surface area contributed by atoms with Crippen LogP contribution >= 0.6 is 0 Å². The van der Waals surface area contributed by atoms with E-state index in [9.17, 15) is 22.0 Å². The summed E-state index contributed by atoms with van der Waals surface area (Å²) in [7, 11) is -2.28. The summed E-state index contributed by atoms with van der Waals surface area (Å²) in [5.74, 6) is -2.45. The summed E-state index contributed by atoms with van der Waals surface area (Å²) in [4.78, 5) is 12.0. The van der Waals surface area contributed by atoms with Crippen molar-refractivity contribution in [3.63, 3.8) is 0 Å². The maximum Gasteiger partial charge on any atom is 0.258 e. The average Bonchev–Trinajstić information content (AvgIpc) is 2.57. The summed E-state index contributed by atoms with van der Waals surface area (Å²) in [5.41, 5.74) is -0.209.